The van der Waals surface area contributed by atoms with Gasteiger partial charge in [-0.1, -0.05) is 11.2 Å². The molecule has 1 aliphatic heterocycles. The molecule has 1 saturated heterocycles. The number of thiophene rings is 1. The van der Waals surface area contributed by atoms with Crippen molar-refractivity contribution in [3.05, 3.63) is 47.3 Å². The highest BCUT2D eigenvalue weighted by molar-refractivity contribution is 7.92. The molecule has 0 aromatic carbocycles. The largest absolute Gasteiger partial charge is 0.503 e. The molecule has 0 aliphatic carbocycles. The molecule has 32 heavy (non-hydrogen) atoms. The minimum atomic E-state index is -5.75. The van der Waals surface area contributed by atoms with Gasteiger partial charge in [0.05, 0.1) is 17.0 Å². The molecule has 0 atom stereocenters. The molecule has 4 heterocycles. The number of sulfone groups is 1. The van der Waals surface area contributed by atoms with Gasteiger partial charge >= 0.3 is 5.51 Å². The molecule has 170 valence electrons. The van der Waals surface area contributed by atoms with Crippen molar-refractivity contribution in [2.24, 2.45) is 0 Å². The van der Waals surface area contributed by atoms with Crippen LogP contribution >= 0.6 is 11.3 Å². The van der Waals surface area contributed by atoms with E-state index in [9.17, 15) is 26.4 Å². The first-order valence-electron chi connectivity index (χ1n) is 9.31. The zero-order valence-electron chi connectivity index (χ0n) is 16.3. The first kappa shape index (κ1) is 22.4. The minimum absolute atomic E-state index is 0.186. The highest BCUT2D eigenvalue weighted by Gasteiger charge is 2.49. The Labute approximate surface area is 184 Å². The van der Waals surface area contributed by atoms with Crippen LogP contribution in [-0.2, 0) is 16.4 Å². The third-order valence-corrected chi connectivity index (χ3v) is 7.10. The normalized spacial score (nSPS) is 15.8. The van der Waals surface area contributed by atoms with Gasteiger partial charge in [-0.15, -0.1) is 11.3 Å². The van der Waals surface area contributed by atoms with Crippen molar-refractivity contribution in [1.82, 2.24) is 24.9 Å². The number of hydrogen-bond acceptors (Lipinski definition) is 9. The van der Waals surface area contributed by atoms with Gasteiger partial charge in [-0.2, -0.15) is 18.2 Å². The molecule has 0 radical (unpaired) electrons. The highest BCUT2D eigenvalue weighted by Crippen LogP contribution is 2.31. The number of carbonyl (C=O) groups is 1. The van der Waals surface area contributed by atoms with Gasteiger partial charge in [0.15, 0.2) is 5.03 Å². The van der Waals surface area contributed by atoms with Crippen molar-refractivity contribution >= 4 is 27.1 Å². The second-order valence-electron chi connectivity index (χ2n) is 6.86. The number of halogens is 3. The second-order valence-corrected chi connectivity index (χ2v) is 9.67. The molecule has 0 saturated carbocycles. The van der Waals surface area contributed by atoms with Crippen LogP contribution in [0.5, 0.6) is 0 Å². The van der Waals surface area contributed by atoms with Gasteiger partial charge in [0.2, 0.25) is 11.7 Å². The number of pyridine rings is 1. The molecule has 0 bridgehead atoms. The first-order chi connectivity index (χ1) is 15.2. The van der Waals surface area contributed by atoms with E-state index in [1.54, 1.807) is 0 Å². The van der Waals surface area contributed by atoms with Crippen molar-refractivity contribution in [1.29, 1.82) is 0 Å². The van der Waals surface area contributed by atoms with Crippen LogP contribution in [0.1, 0.15) is 16.2 Å². The van der Waals surface area contributed by atoms with E-state index in [-0.39, 0.29) is 13.1 Å². The van der Waals surface area contributed by atoms with E-state index < -0.39 is 31.8 Å². The molecule has 3 aromatic heterocycles. The zero-order valence-corrected chi connectivity index (χ0v) is 18.0. The molecule has 0 N–H and O–H groups in total. The predicted octanol–water partition coefficient (Wildman–Crippen LogP) is 2.44. The summed E-state index contributed by atoms with van der Waals surface area (Å²) in [7, 11) is -5.75. The van der Waals surface area contributed by atoms with Crippen LogP contribution in [0, 0.1) is 0 Å². The average molecular weight is 487 g/mol. The average Bonchev–Trinajstić information content (AvgIpc) is 3.45. The van der Waals surface area contributed by atoms with Gasteiger partial charge in [-0.25, -0.2) is 13.4 Å². The van der Waals surface area contributed by atoms with E-state index in [4.69, 9.17) is 4.52 Å². The molecule has 1 amide bonds. The third-order valence-electron chi connectivity index (χ3n) is 4.79. The molecule has 1 aliphatic rings. The van der Waals surface area contributed by atoms with Crippen LogP contribution in [0.4, 0.5) is 13.2 Å². The molecular weight excluding hydrogens is 471 g/mol. The molecule has 14 heteroatoms. The lowest BCUT2D eigenvalue weighted by atomic mass is 10.2. The van der Waals surface area contributed by atoms with E-state index >= 15 is 0 Å². The maximum atomic E-state index is 13.0. The van der Waals surface area contributed by atoms with E-state index in [0.717, 1.165) is 17.1 Å². The third kappa shape index (κ3) is 4.38. The van der Waals surface area contributed by atoms with Gasteiger partial charge in [0.25, 0.3) is 15.7 Å². The lowest BCUT2D eigenvalue weighted by Gasteiger charge is -2.34. The maximum Gasteiger partial charge on any atom is 0.503 e. The fourth-order valence-corrected chi connectivity index (χ4v) is 4.69. The molecule has 3 aromatic rings. The molecule has 4 rings (SSSR count). The monoisotopic (exact) mass is 487 g/mol. The molecule has 0 unspecified atom stereocenters. The van der Waals surface area contributed by atoms with Crippen molar-refractivity contribution in [3.63, 3.8) is 0 Å². The van der Waals surface area contributed by atoms with E-state index in [1.165, 1.54) is 22.3 Å². The Morgan fingerprint density at radius 1 is 1.16 bits per heavy atom. The summed E-state index contributed by atoms with van der Waals surface area (Å²) in [6, 6.07) is 6.00. The number of alkyl halides is 3. The summed E-state index contributed by atoms with van der Waals surface area (Å²) in [5, 5.41) is 4.55. The number of hydrogen-bond donors (Lipinski definition) is 0. The van der Waals surface area contributed by atoms with E-state index in [2.05, 4.69) is 15.1 Å². The number of nitrogens with zero attached hydrogens (tertiary/aromatic N) is 5. The second kappa shape index (κ2) is 8.60. The Morgan fingerprint density at radius 3 is 2.56 bits per heavy atom. The Hall–Kier alpha value is -2.84. The van der Waals surface area contributed by atoms with Crippen molar-refractivity contribution < 1.29 is 30.9 Å². The summed E-state index contributed by atoms with van der Waals surface area (Å²) in [5.41, 5.74) is -6.16. The SMILES string of the molecule is O=C(c1cccnc1S(=O)(=O)C(F)(F)F)N1CCN(Cc2nc(-c3cccs3)no2)CC1. The Bertz CT molecular complexity index is 1200. The van der Waals surface area contributed by atoms with Crippen LogP contribution in [0.2, 0.25) is 0 Å². The Kier molecular flexibility index (Phi) is 6.01. The maximum absolute atomic E-state index is 13.0. The number of piperazine rings is 1. The van der Waals surface area contributed by atoms with Crippen LogP contribution < -0.4 is 0 Å². The number of aromatic nitrogens is 3. The number of carbonyl (C=O) groups excluding carboxylic acids is 1. The van der Waals surface area contributed by atoms with Gasteiger partial charge in [0, 0.05) is 32.4 Å². The van der Waals surface area contributed by atoms with Crippen molar-refractivity contribution in [2.45, 2.75) is 17.1 Å². The smallest absolute Gasteiger partial charge is 0.338 e. The topological polar surface area (TPSA) is 109 Å². The first-order valence-corrected chi connectivity index (χ1v) is 11.7. The van der Waals surface area contributed by atoms with Gasteiger partial charge in [-0.05, 0) is 23.6 Å². The predicted molar refractivity (Wildman–Crippen MR) is 106 cm³/mol. The summed E-state index contributed by atoms with van der Waals surface area (Å²) in [4.78, 5) is 24.6. The number of rotatable bonds is 5. The van der Waals surface area contributed by atoms with Crippen LogP contribution in [0.25, 0.3) is 10.7 Å². The van der Waals surface area contributed by atoms with E-state index in [1.807, 2.05) is 22.4 Å². The minimum Gasteiger partial charge on any atom is -0.338 e. The fourth-order valence-electron chi connectivity index (χ4n) is 3.17. The summed E-state index contributed by atoms with van der Waals surface area (Å²) >= 11 is 1.48. The van der Waals surface area contributed by atoms with Gasteiger partial charge in [-0.3, -0.25) is 9.69 Å². The summed E-state index contributed by atoms with van der Waals surface area (Å²) in [6.45, 7) is 1.51. The molecular formula is C18H16F3N5O4S2. The van der Waals surface area contributed by atoms with Crippen LogP contribution in [-0.4, -0.2) is 70.9 Å². The molecule has 9 nitrogen and oxygen atoms in total. The lowest BCUT2D eigenvalue weighted by molar-refractivity contribution is -0.0438. The van der Waals surface area contributed by atoms with Crippen LogP contribution in [0.3, 0.4) is 0 Å². The quantitative estimate of drug-likeness (QED) is 0.540. The van der Waals surface area contributed by atoms with Crippen molar-refractivity contribution in [3.8, 4) is 10.7 Å². The standard InChI is InChI=1S/C18H16F3N5O4S2/c19-18(20,21)32(28,29)16-12(3-1-5-22-16)17(27)26-8-6-25(7-9-26)11-14-23-15(24-30-14)13-4-2-10-31-13/h1-5,10H,6-9,11H2. The number of amides is 1. The Morgan fingerprint density at radius 2 is 1.91 bits per heavy atom. The van der Waals surface area contributed by atoms with Crippen LogP contribution in [0.15, 0.2) is 45.4 Å². The zero-order chi connectivity index (χ0) is 22.9. The van der Waals surface area contributed by atoms with Crippen molar-refractivity contribution in [2.75, 3.05) is 26.2 Å². The summed E-state index contributed by atoms with van der Waals surface area (Å²) in [5.74, 6) is 0.0659. The molecule has 1 fully saturated rings. The summed E-state index contributed by atoms with van der Waals surface area (Å²) in [6.07, 6.45) is 0.905. The molecule has 0 spiro atoms. The van der Waals surface area contributed by atoms with Gasteiger partial charge in [0.1, 0.15) is 0 Å². The van der Waals surface area contributed by atoms with Gasteiger partial charge < -0.3 is 9.42 Å². The lowest BCUT2D eigenvalue weighted by Crippen LogP contribution is -2.48. The highest BCUT2D eigenvalue weighted by atomic mass is 32.2. The summed E-state index contributed by atoms with van der Waals surface area (Å²) < 4.78 is 67.8. The fraction of sp³-hybridized carbons (Fsp3) is 0.333. The van der Waals surface area contributed by atoms with E-state index in [0.29, 0.717) is 31.3 Å². The Balaban J connectivity index is 1.42.